The van der Waals surface area contributed by atoms with Crippen LogP contribution in [-0.2, 0) is 38.5 Å². The maximum atomic E-state index is 12.2. The first-order chi connectivity index (χ1) is 17.4. The first-order valence-corrected chi connectivity index (χ1v) is 12.7. The Morgan fingerprint density at radius 3 is 2.11 bits per heavy atom. The number of hydrogen-bond donors (Lipinski definition) is 4. The van der Waals surface area contributed by atoms with Crippen LogP contribution in [0.3, 0.4) is 0 Å². The van der Waals surface area contributed by atoms with Gasteiger partial charge in [-0.3, -0.25) is 9.59 Å². The zero-order chi connectivity index (χ0) is 26.2. The number of carbonyl (C=O) groups is 3. The molecule has 0 saturated heterocycles. The van der Waals surface area contributed by atoms with Crippen molar-refractivity contribution < 1.29 is 19.2 Å². The molecule has 0 aromatic heterocycles. The van der Waals surface area contributed by atoms with Crippen molar-refractivity contribution in [3.05, 3.63) is 71.3 Å². The molecule has 6 N–H and O–H groups in total. The van der Waals surface area contributed by atoms with Crippen molar-refractivity contribution in [1.82, 2.24) is 10.8 Å². The largest absolute Gasteiger partial charge is 0.354 e. The summed E-state index contributed by atoms with van der Waals surface area (Å²) in [7, 11) is 0. The van der Waals surface area contributed by atoms with Crippen LogP contribution in [0.4, 0.5) is 0 Å². The highest BCUT2D eigenvalue weighted by atomic mass is 16.7. The Bertz CT molecular complexity index is 934. The molecule has 2 rings (SSSR count). The lowest BCUT2D eigenvalue weighted by Crippen LogP contribution is -2.43. The summed E-state index contributed by atoms with van der Waals surface area (Å²) in [6.07, 6.45) is 6.51. The van der Waals surface area contributed by atoms with Crippen molar-refractivity contribution in [2.24, 2.45) is 17.4 Å². The van der Waals surface area contributed by atoms with Gasteiger partial charge in [-0.25, -0.2) is 4.79 Å². The molecule has 8 nitrogen and oxygen atoms in total. The van der Waals surface area contributed by atoms with Crippen LogP contribution in [0.5, 0.6) is 0 Å². The van der Waals surface area contributed by atoms with Gasteiger partial charge in [0.2, 0.25) is 5.91 Å². The van der Waals surface area contributed by atoms with Gasteiger partial charge in [0.05, 0.1) is 18.4 Å². The molecule has 2 aromatic rings. The van der Waals surface area contributed by atoms with Crippen LogP contribution in [0.15, 0.2) is 54.6 Å². The van der Waals surface area contributed by atoms with E-state index in [1.165, 1.54) is 11.1 Å². The third-order valence-corrected chi connectivity index (χ3v) is 5.97. The van der Waals surface area contributed by atoms with E-state index < -0.39 is 23.8 Å². The monoisotopic (exact) mass is 496 g/mol. The molecule has 196 valence electrons. The standard InChI is InChI=1S/C28H40N4O4/c1-21(20-31-27(34)25(30)13-7-8-18-29)28(35)36-32-26(33)19-24-16-14-23(15-17-24)12-6-5-11-22-9-3-2-4-10-22/h2-4,9-10,14-17,21,25H,5-8,11-13,18-20,29-30H2,1H3,(H,31,34)(H,32,33). The first kappa shape index (κ1) is 29.0. The summed E-state index contributed by atoms with van der Waals surface area (Å²) >= 11 is 0. The second kappa shape index (κ2) is 16.4. The van der Waals surface area contributed by atoms with Gasteiger partial charge in [-0.05, 0) is 61.8 Å². The zero-order valence-corrected chi connectivity index (χ0v) is 21.2. The number of nitrogens with two attached hydrogens (primary N) is 2. The lowest BCUT2D eigenvalue weighted by molar-refractivity contribution is -0.161. The zero-order valence-electron chi connectivity index (χ0n) is 21.2. The Morgan fingerprint density at radius 2 is 1.47 bits per heavy atom. The molecule has 0 radical (unpaired) electrons. The van der Waals surface area contributed by atoms with Crippen LogP contribution in [0, 0.1) is 5.92 Å². The molecule has 0 heterocycles. The van der Waals surface area contributed by atoms with E-state index >= 15 is 0 Å². The number of carbonyl (C=O) groups excluding carboxylic acids is 3. The van der Waals surface area contributed by atoms with E-state index in [2.05, 4.69) is 35.1 Å². The first-order valence-electron chi connectivity index (χ1n) is 12.7. The minimum absolute atomic E-state index is 0.0743. The molecule has 2 aromatic carbocycles. The predicted molar refractivity (Wildman–Crippen MR) is 141 cm³/mol. The molecule has 2 amide bonds. The fourth-order valence-corrected chi connectivity index (χ4v) is 3.66. The van der Waals surface area contributed by atoms with E-state index in [1.54, 1.807) is 6.92 Å². The van der Waals surface area contributed by atoms with Gasteiger partial charge >= 0.3 is 5.97 Å². The third kappa shape index (κ3) is 11.5. The van der Waals surface area contributed by atoms with Crippen molar-refractivity contribution in [2.75, 3.05) is 13.1 Å². The normalized spacial score (nSPS) is 12.4. The van der Waals surface area contributed by atoms with Crippen LogP contribution in [0.2, 0.25) is 0 Å². The van der Waals surface area contributed by atoms with E-state index in [1.807, 2.05) is 30.3 Å². The highest BCUT2D eigenvalue weighted by molar-refractivity contribution is 5.83. The summed E-state index contributed by atoms with van der Waals surface area (Å²) in [5.74, 6) is -2.01. The molecule has 0 aliphatic rings. The Morgan fingerprint density at radius 1 is 0.861 bits per heavy atom. The highest BCUT2D eigenvalue weighted by Gasteiger charge is 2.19. The SMILES string of the molecule is CC(CNC(=O)C(N)CCCCN)C(=O)ONC(=O)Cc1ccc(CCCCc2ccccc2)cc1. The lowest BCUT2D eigenvalue weighted by atomic mass is 10.0. The number of hydrogen-bond acceptors (Lipinski definition) is 6. The topological polar surface area (TPSA) is 137 Å². The third-order valence-electron chi connectivity index (χ3n) is 5.97. The molecule has 0 aliphatic heterocycles. The van der Waals surface area contributed by atoms with Crippen LogP contribution in [0.25, 0.3) is 0 Å². The number of unbranched alkanes of at least 4 members (excludes halogenated alkanes) is 2. The molecule has 0 saturated carbocycles. The summed E-state index contributed by atoms with van der Waals surface area (Å²) < 4.78 is 0. The average Bonchev–Trinajstić information content (AvgIpc) is 2.89. The molecule has 2 atom stereocenters. The summed E-state index contributed by atoms with van der Waals surface area (Å²) in [5.41, 5.74) is 16.9. The van der Waals surface area contributed by atoms with Gasteiger partial charge in [0, 0.05) is 6.54 Å². The minimum Gasteiger partial charge on any atom is -0.354 e. The molecule has 36 heavy (non-hydrogen) atoms. The van der Waals surface area contributed by atoms with E-state index in [0.29, 0.717) is 13.0 Å². The Kier molecular flexibility index (Phi) is 13.2. The van der Waals surface area contributed by atoms with Crippen LogP contribution >= 0.6 is 0 Å². The van der Waals surface area contributed by atoms with Gasteiger partial charge in [0.1, 0.15) is 0 Å². The average molecular weight is 497 g/mol. The summed E-state index contributed by atoms with van der Waals surface area (Å²) in [6.45, 7) is 2.24. The molecule has 0 bridgehead atoms. The van der Waals surface area contributed by atoms with Gasteiger partial charge in [-0.1, -0.05) is 67.9 Å². The number of hydroxylamine groups is 1. The maximum Gasteiger partial charge on any atom is 0.336 e. The van der Waals surface area contributed by atoms with Gasteiger partial charge in [-0.15, -0.1) is 0 Å². The number of benzene rings is 2. The Labute approximate surface area is 214 Å². The second-order valence-electron chi connectivity index (χ2n) is 9.17. The molecule has 0 aliphatic carbocycles. The number of amides is 2. The molecule has 0 fully saturated rings. The number of aryl methyl sites for hydroxylation is 2. The Hall–Kier alpha value is -3.23. The number of nitrogens with one attached hydrogen (secondary N) is 2. The predicted octanol–water partition coefficient (Wildman–Crippen LogP) is 2.58. The van der Waals surface area contributed by atoms with Crippen molar-refractivity contribution in [3.8, 4) is 0 Å². The summed E-state index contributed by atoms with van der Waals surface area (Å²) in [5, 5.41) is 2.64. The lowest BCUT2D eigenvalue weighted by Gasteiger charge is -2.15. The second-order valence-corrected chi connectivity index (χ2v) is 9.17. The van der Waals surface area contributed by atoms with Gasteiger partial charge in [0.25, 0.3) is 5.91 Å². The van der Waals surface area contributed by atoms with Crippen molar-refractivity contribution in [3.63, 3.8) is 0 Å². The minimum atomic E-state index is -0.639. The molecule has 8 heteroatoms. The van der Waals surface area contributed by atoms with Crippen molar-refractivity contribution in [2.45, 2.75) is 64.3 Å². The smallest absolute Gasteiger partial charge is 0.336 e. The fourth-order valence-electron chi connectivity index (χ4n) is 3.66. The molecular formula is C28H40N4O4. The quantitative estimate of drug-likeness (QED) is 0.221. The van der Waals surface area contributed by atoms with Crippen LogP contribution in [0.1, 0.15) is 55.7 Å². The fraction of sp³-hybridized carbons (Fsp3) is 0.464. The van der Waals surface area contributed by atoms with Crippen LogP contribution in [-0.4, -0.2) is 36.9 Å². The summed E-state index contributed by atoms with van der Waals surface area (Å²) in [6, 6.07) is 17.7. The highest BCUT2D eigenvalue weighted by Crippen LogP contribution is 2.11. The van der Waals surface area contributed by atoms with E-state index in [4.69, 9.17) is 16.3 Å². The Balaban J connectivity index is 1.62. The van der Waals surface area contributed by atoms with Gasteiger partial charge < -0.3 is 21.6 Å². The van der Waals surface area contributed by atoms with E-state index in [0.717, 1.165) is 44.1 Å². The van der Waals surface area contributed by atoms with E-state index in [-0.39, 0.29) is 18.9 Å². The van der Waals surface area contributed by atoms with Gasteiger partial charge in [0.15, 0.2) is 0 Å². The molecule has 0 spiro atoms. The molecule has 2 unspecified atom stereocenters. The van der Waals surface area contributed by atoms with Crippen molar-refractivity contribution >= 4 is 17.8 Å². The molecular weight excluding hydrogens is 456 g/mol. The van der Waals surface area contributed by atoms with E-state index in [9.17, 15) is 14.4 Å². The van der Waals surface area contributed by atoms with Crippen LogP contribution < -0.4 is 22.3 Å². The maximum absolute atomic E-state index is 12.2. The summed E-state index contributed by atoms with van der Waals surface area (Å²) in [4.78, 5) is 41.2. The van der Waals surface area contributed by atoms with Gasteiger partial charge in [-0.2, -0.15) is 5.48 Å². The van der Waals surface area contributed by atoms with Crippen molar-refractivity contribution in [1.29, 1.82) is 0 Å². The number of rotatable bonds is 15.